The van der Waals surface area contributed by atoms with Gasteiger partial charge in [-0.15, -0.1) is 0 Å². The van der Waals surface area contributed by atoms with Gasteiger partial charge in [-0.1, -0.05) is 66.2 Å². The number of hydroxylamine groups is 1. The number of imide groups is 1. The fourth-order valence-corrected chi connectivity index (χ4v) is 4.46. The van der Waals surface area contributed by atoms with Crippen LogP contribution in [0.15, 0.2) is 78.9 Å². The second kappa shape index (κ2) is 8.14. The zero-order chi connectivity index (χ0) is 23.1. The zero-order valence-electron chi connectivity index (χ0n) is 17.8. The molecule has 8 heteroatoms. The molecule has 5 rings (SSSR count). The van der Waals surface area contributed by atoms with Crippen LogP contribution < -0.4 is 5.06 Å². The van der Waals surface area contributed by atoms with Gasteiger partial charge in [0.25, 0.3) is 11.6 Å². The van der Waals surface area contributed by atoms with E-state index in [9.17, 15) is 19.7 Å². The highest BCUT2D eigenvalue weighted by atomic mass is 16.7. The van der Waals surface area contributed by atoms with Crippen molar-refractivity contribution in [3.63, 3.8) is 0 Å². The molecule has 0 aromatic heterocycles. The Bertz CT molecular complexity index is 1230. The highest BCUT2D eigenvalue weighted by Gasteiger charge is 2.59. The second-order valence-corrected chi connectivity index (χ2v) is 8.26. The molecule has 0 saturated carbocycles. The fourth-order valence-electron chi connectivity index (χ4n) is 4.46. The maximum absolute atomic E-state index is 13.5. The lowest BCUT2D eigenvalue weighted by Gasteiger charge is -2.28. The van der Waals surface area contributed by atoms with E-state index in [1.807, 2.05) is 61.5 Å². The SMILES string of the molecule is Cc1ccc(C2C3C(=O)N(Cc4ccccc4)C(=O)C3ON2c2cccc([N+](=O)[O-])c2)cc1. The molecule has 2 aliphatic heterocycles. The van der Waals surface area contributed by atoms with Crippen LogP contribution in [0.1, 0.15) is 22.7 Å². The van der Waals surface area contributed by atoms with E-state index in [-0.39, 0.29) is 18.1 Å². The summed E-state index contributed by atoms with van der Waals surface area (Å²) in [6, 6.07) is 22.4. The number of rotatable bonds is 5. The summed E-state index contributed by atoms with van der Waals surface area (Å²) in [4.78, 5) is 44.8. The van der Waals surface area contributed by atoms with Gasteiger partial charge in [-0.25, -0.2) is 5.06 Å². The number of likely N-dealkylation sites (tertiary alicyclic amines) is 1. The quantitative estimate of drug-likeness (QED) is 0.337. The largest absolute Gasteiger partial charge is 0.275 e. The van der Waals surface area contributed by atoms with Crippen molar-refractivity contribution in [3.8, 4) is 0 Å². The van der Waals surface area contributed by atoms with Crippen molar-refractivity contribution in [1.29, 1.82) is 0 Å². The van der Waals surface area contributed by atoms with Gasteiger partial charge in [0.15, 0.2) is 6.10 Å². The highest BCUT2D eigenvalue weighted by Crippen LogP contribution is 2.47. The first-order chi connectivity index (χ1) is 15.9. The molecule has 2 fully saturated rings. The number of nitro groups is 1. The number of non-ortho nitro benzene ring substituents is 1. The molecule has 0 bridgehead atoms. The van der Waals surface area contributed by atoms with E-state index in [0.717, 1.165) is 16.7 Å². The Labute approximate surface area is 190 Å². The highest BCUT2D eigenvalue weighted by molar-refractivity contribution is 6.07. The summed E-state index contributed by atoms with van der Waals surface area (Å²) < 4.78 is 0. The predicted octanol–water partition coefficient (Wildman–Crippen LogP) is 3.95. The molecule has 0 spiro atoms. The third kappa shape index (κ3) is 3.64. The number of carbonyl (C=O) groups is 2. The van der Waals surface area contributed by atoms with Gasteiger partial charge in [-0.3, -0.25) is 29.4 Å². The van der Waals surface area contributed by atoms with E-state index in [0.29, 0.717) is 5.69 Å². The molecule has 2 saturated heterocycles. The van der Waals surface area contributed by atoms with Crippen molar-refractivity contribution in [2.24, 2.45) is 5.92 Å². The monoisotopic (exact) mass is 443 g/mol. The number of aryl methyl sites for hydroxylation is 1. The van der Waals surface area contributed by atoms with Crippen molar-refractivity contribution in [1.82, 2.24) is 4.90 Å². The molecule has 2 amide bonds. The molecular weight excluding hydrogens is 422 g/mol. The molecule has 33 heavy (non-hydrogen) atoms. The number of fused-ring (bicyclic) bond motifs is 1. The number of benzene rings is 3. The Morgan fingerprint density at radius 3 is 2.36 bits per heavy atom. The summed E-state index contributed by atoms with van der Waals surface area (Å²) in [6.45, 7) is 2.13. The minimum Gasteiger partial charge on any atom is -0.275 e. The third-order valence-electron chi connectivity index (χ3n) is 6.10. The van der Waals surface area contributed by atoms with Crippen molar-refractivity contribution in [2.75, 3.05) is 5.06 Å². The minimum absolute atomic E-state index is 0.0980. The van der Waals surface area contributed by atoms with E-state index in [1.54, 1.807) is 12.1 Å². The Kier molecular flexibility index (Phi) is 5.14. The van der Waals surface area contributed by atoms with Gasteiger partial charge in [0.05, 0.1) is 23.2 Å². The molecule has 3 atom stereocenters. The van der Waals surface area contributed by atoms with Crippen LogP contribution in [-0.2, 0) is 21.0 Å². The second-order valence-electron chi connectivity index (χ2n) is 8.26. The molecule has 3 aromatic carbocycles. The van der Waals surface area contributed by atoms with Gasteiger partial charge in [0.2, 0.25) is 5.91 Å². The molecule has 166 valence electrons. The third-order valence-corrected chi connectivity index (χ3v) is 6.10. The molecule has 0 radical (unpaired) electrons. The smallest absolute Gasteiger partial charge is 0.271 e. The van der Waals surface area contributed by atoms with Crippen LogP contribution in [0, 0.1) is 23.0 Å². The average Bonchev–Trinajstić information content (AvgIpc) is 3.32. The lowest BCUT2D eigenvalue weighted by Crippen LogP contribution is -2.37. The number of anilines is 1. The molecule has 2 heterocycles. The van der Waals surface area contributed by atoms with Gasteiger partial charge >= 0.3 is 0 Å². The summed E-state index contributed by atoms with van der Waals surface area (Å²) in [7, 11) is 0. The van der Waals surface area contributed by atoms with Gasteiger partial charge in [-0.2, -0.15) is 0 Å². The molecule has 8 nitrogen and oxygen atoms in total. The van der Waals surface area contributed by atoms with Crippen LogP contribution in [0.4, 0.5) is 11.4 Å². The molecule has 2 aliphatic rings. The summed E-state index contributed by atoms with van der Waals surface area (Å²) >= 11 is 0. The van der Waals surface area contributed by atoms with Gasteiger partial charge in [0, 0.05) is 12.1 Å². The average molecular weight is 443 g/mol. The summed E-state index contributed by atoms with van der Waals surface area (Å²) in [6.07, 6.45) is -0.994. The van der Waals surface area contributed by atoms with Crippen molar-refractivity contribution in [3.05, 3.63) is 106 Å². The first-order valence-corrected chi connectivity index (χ1v) is 10.6. The van der Waals surface area contributed by atoms with Crippen LogP contribution in [0.25, 0.3) is 0 Å². The Hall–Kier alpha value is -4.04. The maximum Gasteiger partial charge on any atom is 0.271 e. The summed E-state index contributed by atoms with van der Waals surface area (Å²) in [5, 5.41) is 12.8. The van der Waals surface area contributed by atoms with E-state index in [1.165, 1.54) is 22.1 Å². The molecular formula is C25H21N3O5. The number of nitro benzene ring substituents is 1. The van der Waals surface area contributed by atoms with Gasteiger partial charge in [0.1, 0.15) is 5.92 Å². The van der Waals surface area contributed by atoms with E-state index in [4.69, 9.17) is 4.84 Å². The normalized spacial score (nSPS) is 22.0. The molecule has 3 unspecified atom stereocenters. The molecule has 0 N–H and O–H groups in total. The Morgan fingerprint density at radius 2 is 1.67 bits per heavy atom. The number of carbonyl (C=O) groups excluding carboxylic acids is 2. The topological polar surface area (TPSA) is 93.0 Å². The Morgan fingerprint density at radius 1 is 0.939 bits per heavy atom. The lowest BCUT2D eigenvalue weighted by atomic mass is 9.90. The first kappa shape index (κ1) is 20.8. The number of nitrogens with zero attached hydrogens (tertiary/aromatic N) is 3. The number of hydrogen-bond donors (Lipinski definition) is 0. The maximum atomic E-state index is 13.5. The number of hydrogen-bond acceptors (Lipinski definition) is 6. The standard InChI is InChI=1S/C25H21N3O5/c1-16-10-12-18(13-11-16)22-21-23(33-27(22)19-8-5-9-20(14-19)28(31)32)25(30)26(24(21)29)15-17-6-3-2-4-7-17/h2-14,21-23H,15H2,1H3. The number of amides is 2. The van der Waals surface area contributed by atoms with E-state index in [2.05, 4.69) is 0 Å². The molecule has 3 aromatic rings. The fraction of sp³-hybridized carbons (Fsp3) is 0.200. The van der Waals surface area contributed by atoms with Crippen LogP contribution in [0.2, 0.25) is 0 Å². The van der Waals surface area contributed by atoms with E-state index < -0.39 is 28.9 Å². The Balaban J connectivity index is 1.54. The lowest BCUT2D eigenvalue weighted by molar-refractivity contribution is -0.384. The molecule has 0 aliphatic carbocycles. The predicted molar refractivity (Wildman–Crippen MR) is 120 cm³/mol. The first-order valence-electron chi connectivity index (χ1n) is 10.6. The van der Waals surface area contributed by atoms with Crippen LogP contribution in [-0.4, -0.2) is 27.7 Å². The van der Waals surface area contributed by atoms with Crippen molar-refractivity contribution in [2.45, 2.75) is 25.6 Å². The van der Waals surface area contributed by atoms with Crippen LogP contribution >= 0.6 is 0 Å². The summed E-state index contributed by atoms with van der Waals surface area (Å²) in [5.74, 6) is -1.48. The van der Waals surface area contributed by atoms with E-state index >= 15 is 0 Å². The van der Waals surface area contributed by atoms with Gasteiger partial charge < -0.3 is 0 Å². The zero-order valence-corrected chi connectivity index (χ0v) is 17.8. The summed E-state index contributed by atoms with van der Waals surface area (Å²) in [5.41, 5.74) is 3.01. The van der Waals surface area contributed by atoms with Gasteiger partial charge in [-0.05, 0) is 24.1 Å². The van der Waals surface area contributed by atoms with Crippen molar-refractivity contribution >= 4 is 23.2 Å². The van der Waals surface area contributed by atoms with Crippen molar-refractivity contribution < 1.29 is 19.3 Å². The van der Waals surface area contributed by atoms with Crippen LogP contribution in [0.3, 0.4) is 0 Å². The van der Waals surface area contributed by atoms with Crippen LogP contribution in [0.5, 0.6) is 0 Å². The minimum atomic E-state index is -0.994.